The summed E-state index contributed by atoms with van der Waals surface area (Å²) in [6, 6.07) is 43.5. The number of aryl methyl sites for hydroxylation is 1. The highest BCUT2D eigenvalue weighted by molar-refractivity contribution is 7.01. The second-order valence-electron chi connectivity index (χ2n) is 23.2. The fraction of sp³-hybridized carbons (Fsp3) is 0.257. The molecule has 0 atom stereocenters. The number of halogens is 2. The zero-order chi connectivity index (χ0) is 60.9. The van der Waals surface area contributed by atoms with Crippen molar-refractivity contribution in [3.05, 3.63) is 219 Å². The second-order valence-corrected chi connectivity index (χ2v) is 27.6. The molecule has 6 N–H and O–H groups in total. The molecular weight excluding hydrogens is 1080 g/mol. The third kappa shape index (κ3) is 13.4. The van der Waals surface area contributed by atoms with Gasteiger partial charge in [-0.2, -0.15) is 0 Å². The molecule has 15 heteroatoms. The number of allylic oxidation sites excluding steroid dienone is 1. The van der Waals surface area contributed by atoms with Crippen molar-refractivity contribution in [1.82, 2.24) is 15.1 Å². The van der Waals surface area contributed by atoms with E-state index in [-0.39, 0.29) is 53.4 Å². The second kappa shape index (κ2) is 26.8. The van der Waals surface area contributed by atoms with Crippen LogP contribution in [0.25, 0.3) is 44.3 Å². The number of rotatable bonds is 24. The number of carbonyl (C=O) groups excluding carboxylic acids is 2. The van der Waals surface area contributed by atoms with Crippen molar-refractivity contribution in [2.45, 2.75) is 92.7 Å². The topological polar surface area (TPSA) is 146 Å². The van der Waals surface area contributed by atoms with Crippen LogP contribution in [0.3, 0.4) is 0 Å². The number of nitrogens with one attached hydrogen (secondary N) is 2. The maximum Gasteiger partial charge on any atom is 0.488 e. The molecule has 0 saturated carbocycles. The van der Waals surface area contributed by atoms with Crippen molar-refractivity contribution in [2.75, 3.05) is 32.0 Å². The van der Waals surface area contributed by atoms with Crippen LogP contribution in [-0.2, 0) is 35.8 Å². The number of benzene rings is 8. The maximum atomic E-state index is 16.1. The third-order valence-electron chi connectivity index (χ3n) is 17.0. The molecule has 10 nitrogen and oxygen atoms in total. The van der Waals surface area contributed by atoms with Crippen LogP contribution in [0.2, 0.25) is 13.1 Å². The SMILES string of the molecule is C=C(C)C(=O)CCCCN(Cc1c(F)cccc1B(O)O)Cc1c2ccccc2c(CN(CCCNC(=O)C(=C)C)Cc2c(F)cccc2B(O)O)c2ccc(-c3ccc(C)c(C4=c5cc/c(=C\C)cc5[Si](C)(C)c5cc(NC)ccc54)c3)cc12. The summed E-state index contributed by atoms with van der Waals surface area (Å²) < 4.78 is 32.2. The van der Waals surface area contributed by atoms with Gasteiger partial charge in [-0.05, 0) is 193 Å². The average Bonchev–Trinajstić information content (AvgIpc) is 0.889. The lowest BCUT2D eigenvalue weighted by Crippen LogP contribution is -2.63. The van der Waals surface area contributed by atoms with Crippen molar-refractivity contribution in [1.29, 1.82) is 0 Å². The van der Waals surface area contributed by atoms with E-state index in [9.17, 15) is 29.7 Å². The Kier molecular flexibility index (Phi) is 19.5. The first-order valence-electron chi connectivity index (χ1n) is 29.3. The summed E-state index contributed by atoms with van der Waals surface area (Å²) in [6.07, 6.45) is 4.08. The predicted octanol–water partition coefficient (Wildman–Crippen LogP) is 8.23. The summed E-state index contributed by atoms with van der Waals surface area (Å²) in [5, 5.41) is 57.3. The largest absolute Gasteiger partial charge is 0.488 e. The molecule has 0 aromatic heterocycles. The Balaban J connectivity index is 1.26. The standard InChI is InChI=1S/C70H76B2F2N4O6Si/c1-10-47-26-30-54-67(36-47)85(8,9)68-39-50(75-7)29-32-55(68)69(54)56-37-48(27-25-46(56)6)49-28-31-53-57(38-49)59(41-77(34-14-13-24-66(79)44(2)3)42-60-62(71(81)82)20-15-22-64(60)73)52-19-12-11-18-51(52)58(53)40-78(35-17-33-76-70(80)45(4)5)43-61-63(72(83)84)21-16-23-65(61)74/h10-12,15-16,18-23,25-32,36-39,75,81-84H,2,4,13-14,17,24,33-35,40-43H2,1,3,5-9H3,(H,76,80)/b47-10+. The molecule has 1 amide bonds. The number of carbonyl (C=O) groups is 2. The molecule has 1 aliphatic rings. The van der Waals surface area contributed by atoms with Gasteiger partial charge in [0.05, 0.1) is 0 Å². The van der Waals surface area contributed by atoms with Gasteiger partial charge in [0.25, 0.3) is 0 Å². The fourth-order valence-electron chi connectivity index (χ4n) is 12.2. The monoisotopic (exact) mass is 1160 g/mol. The van der Waals surface area contributed by atoms with Crippen LogP contribution < -0.4 is 42.4 Å². The Labute approximate surface area is 499 Å². The molecule has 0 saturated heterocycles. The van der Waals surface area contributed by atoms with E-state index < -0.39 is 33.9 Å². The zero-order valence-electron chi connectivity index (χ0n) is 49.9. The molecule has 1 heterocycles. The number of Topliss-reactive ketones (excluding diaryl/α,β-unsaturated/α-hetero) is 1. The first kappa shape index (κ1) is 62.0. The van der Waals surface area contributed by atoms with Gasteiger partial charge in [-0.25, -0.2) is 8.78 Å². The minimum atomic E-state index is -2.21. The molecule has 0 spiro atoms. The summed E-state index contributed by atoms with van der Waals surface area (Å²) in [5.41, 5.74) is 10.8. The minimum absolute atomic E-state index is 0.0121. The van der Waals surface area contributed by atoms with Crippen molar-refractivity contribution >= 4 is 94.2 Å². The number of ketones is 1. The lowest BCUT2D eigenvalue weighted by atomic mass is 9.76. The van der Waals surface area contributed by atoms with E-state index in [0.717, 1.165) is 60.6 Å². The molecule has 436 valence electrons. The third-order valence-corrected chi connectivity index (χ3v) is 20.5. The lowest BCUT2D eigenvalue weighted by Gasteiger charge is -2.34. The van der Waals surface area contributed by atoms with E-state index in [0.29, 0.717) is 63.0 Å². The van der Waals surface area contributed by atoms with Gasteiger partial charge in [0.1, 0.15) is 19.7 Å². The molecule has 0 fully saturated rings. The van der Waals surface area contributed by atoms with Gasteiger partial charge in [-0.3, -0.25) is 19.4 Å². The summed E-state index contributed by atoms with van der Waals surface area (Å²) in [6.45, 7) is 21.9. The van der Waals surface area contributed by atoms with E-state index in [1.807, 2.05) is 19.2 Å². The molecular formula is C70H76B2F2N4O6Si. The van der Waals surface area contributed by atoms with Crippen molar-refractivity contribution in [3.63, 3.8) is 0 Å². The summed E-state index contributed by atoms with van der Waals surface area (Å²) in [5.74, 6) is -1.44. The minimum Gasteiger partial charge on any atom is -0.423 e. The molecule has 0 radical (unpaired) electrons. The fourth-order valence-corrected chi connectivity index (χ4v) is 15.3. The number of nitrogens with zero attached hydrogens (tertiary/aromatic N) is 2. The Hall–Kier alpha value is -7.59. The quantitative estimate of drug-likeness (QED) is 0.0153. The normalized spacial score (nSPS) is 12.9. The molecule has 8 aromatic carbocycles. The molecule has 8 aromatic rings. The summed E-state index contributed by atoms with van der Waals surface area (Å²) in [7, 11) is -4.09. The molecule has 0 aliphatic carbocycles. The van der Waals surface area contributed by atoms with Crippen LogP contribution >= 0.6 is 0 Å². The molecule has 1 aliphatic heterocycles. The van der Waals surface area contributed by atoms with Crippen LogP contribution in [0.1, 0.15) is 85.4 Å². The first-order valence-corrected chi connectivity index (χ1v) is 32.3. The number of anilines is 1. The lowest BCUT2D eigenvalue weighted by molar-refractivity contribution is -0.117. The van der Waals surface area contributed by atoms with Gasteiger partial charge >= 0.3 is 14.2 Å². The Morgan fingerprint density at radius 2 is 1.19 bits per heavy atom. The van der Waals surface area contributed by atoms with Crippen LogP contribution in [0.4, 0.5) is 14.5 Å². The van der Waals surface area contributed by atoms with E-state index >= 15 is 8.78 Å². The molecule has 85 heavy (non-hydrogen) atoms. The number of fused-ring (bicyclic) bond motifs is 4. The summed E-state index contributed by atoms with van der Waals surface area (Å²) >= 11 is 0. The highest BCUT2D eigenvalue weighted by Crippen LogP contribution is 2.39. The number of hydrogen-bond donors (Lipinski definition) is 6. The van der Waals surface area contributed by atoms with Gasteiger partial charge in [0.15, 0.2) is 5.78 Å². The van der Waals surface area contributed by atoms with Gasteiger partial charge in [-0.15, -0.1) is 0 Å². The smallest absolute Gasteiger partial charge is 0.423 e. The van der Waals surface area contributed by atoms with Crippen LogP contribution in [-0.4, -0.2) is 90.6 Å². The highest BCUT2D eigenvalue weighted by Gasteiger charge is 2.36. The molecule has 0 unspecified atom stereocenters. The summed E-state index contributed by atoms with van der Waals surface area (Å²) in [4.78, 5) is 29.6. The van der Waals surface area contributed by atoms with Crippen LogP contribution in [0.15, 0.2) is 158 Å². The van der Waals surface area contributed by atoms with Gasteiger partial charge in [0.2, 0.25) is 5.91 Å². The van der Waals surface area contributed by atoms with Gasteiger partial charge < -0.3 is 30.7 Å². The molecule has 9 rings (SSSR count). The average molecular weight is 1160 g/mol. The number of amides is 1. The van der Waals surface area contributed by atoms with E-state index in [1.54, 1.807) is 13.8 Å². The van der Waals surface area contributed by atoms with Crippen molar-refractivity contribution in [3.8, 4) is 11.1 Å². The predicted molar refractivity (Wildman–Crippen MR) is 349 cm³/mol. The number of unbranched alkanes of at least 4 members (excludes halogenated alkanes) is 1. The van der Waals surface area contributed by atoms with Crippen LogP contribution in [0, 0.1) is 18.6 Å². The van der Waals surface area contributed by atoms with Gasteiger partial charge in [0, 0.05) is 75.1 Å². The van der Waals surface area contributed by atoms with E-state index in [1.165, 1.54) is 68.3 Å². The van der Waals surface area contributed by atoms with E-state index in [4.69, 9.17) is 0 Å². The van der Waals surface area contributed by atoms with Crippen molar-refractivity contribution in [2.24, 2.45) is 0 Å². The van der Waals surface area contributed by atoms with Crippen LogP contribution in [0.5, 0.6) is 0 Å². The Morgan fingerprint density at radius 1 is 0.612 bits per heavy atom. The molecule has 0 bridgehead atoms. The maximum absolute atomic E-state index is 16.1. The Bertz CT molecular complexity index is 4040. The number of hydrogen-bond acceptors (Lipinski definition) is 9. The van der Waals surface area contributed by atoms with Gasteiger partial charge in [-0.1, -0.05) is 129 Å². The van der Waals surface area contributed by atoms with E-state index in [2.05, 4.69) is 152 Å². The zero-order valence-corrected chi connectivity index (χ0v) is 50.9. The van der Waals surface area contributed by atoms with Crippen molar-refractivity contribution < 1.29 is 38.5 Å². The first-order chi connectivity index (χ1) is 40.7. The highest BCUT2D eigenvalue weighted by atomic mass is 28.3. The Morgan fingerprint density at radius 3 is 1.78 bits per heavy atom.